The summed E-state index contributed by atoms with van der Waals surface area (Å²) in [5.74, 6) is -0.106. The van der Waals surface area contributed by atoms with Gasteiger partial charge in [-0.05, 0) is 20.3 Å². The number of amides is 1. The molecule has 1 aliphatic rings. The molecule has 3 nitrogen and oxygen atoms in total. The standard InChI is InChI=1S/C10H12Cl2N2OS/c1-6-4-16-7(14-6)3-13-8(15)9(2)5-10(9,11)12/h4H,3,5H2,1-2H3,(H,13,15)/t9-/m1/s1. The normalized spacial score (nSPS) is 26.5. The first-order valence-corrected chi connectivity index (χ1v) is 6.56. The first-order valence-electron chi connectivity index (χ1n) is 4.92. The topological polar surface area (TPSA) is 42.0 Å². The van der Waals surface area contributed by atoms with E-state index in [1.54, 1.807) is 6.92 Å². The number of hydrogen-bond donors (Lipinski definition) is 1. The fourth-order valence-corrected chi connectivity index (χ4v) is 2.90. The fraction of sp³-hybridized carbons (Fsp3) is 0.600. The van der Waals surface area contributed by atoms with Crippen molar-refractivity contribution in [2.75, 3.05) is 0 Å². The Morgan fingerprint density at radius 3 is 2.75 bits per heavy atom. The molecule has 6 heteroatoms. The Bertz CT molecular complexity index is 432. The molecule has 1 saturated carbocycles. The van der Waals surface area contributed by atoms with Gasteiger partial charge in [0.1, 0.15) is 9.34 Å². The molecule has 1 N–H and O–H groups in total. The molecule has 0 spiro atoms. The van der Waals surface area contributed by atoms with Gasteiger partial charge in [-0.15, -0.1) is 34.5 Å². The smallest absolute Gasteiger partial charge is 0.229 e. The van der Waals surface area contributed by atoms with Crippen molar-refractivity contribution < 1.29 is 4.79 Å². The zero-order valence-corrected chi connectivity index (χ0v) is 11.3. The van der Waals surface area contributed by atoms with E-state index in [4.69, 9.17) is 23.2 Å². The SMILES string of the molecule is Cc1csc(CNC(=O)[C@@]2(C)CC2(Cl)Cl)n1. The van der Waals surface area contributed by atoms with E-state index in [-0.39, 0.29) is 5.91 Å². The van der Waals surface area contributed by atoms with Gasteiger partial charge in [0, 0.05) is 11.1 Å². The Labute approximate surface area is 108 Å². The van der Waals surface area contributed by atoms with Crippen molar-refractivity contribution >= 4 is 40.4 Å². The molecule has 1 heterocycles. The van der Waals surface area contributed by atoms with Crippen molar-refractivity contribution in [2.45, 2.75) is 31.1 Å². The quantitative estimate of drug-likeness (QED) is 0.864. The lowest BCUT2D eigenvalue weighted by molar-refractivity contribution is -0.125. The zero-order chi connectivity index (χ0) is 12.0. The molecule has 1 atom stereocenters. The highest BCUT2D eigenvalue weighted by molar-refractivity contribution is 7.09. The Balaban J connectivity index is 1.90. The molecule has 0 bridgehead atoms. The van der Waals surface area contributed by atoms with Crippen LogP contribution in [0.3, 0.4) is 0 Å². The third kappa shape index (κ3) is 2.06. The van der Waals surface area contributed by atoms with Gasteiger partial charge in [-0.25, -0.2) is 4.98 Å². The molecule has 16 heavy (non-hydrogen) atoms. The van der Waals surface area contributed by atoms with E-state index >= 15 is 0 Å². The van der Waals surface area contributed by atoms with Crippen molar-refractivity contribution in [3.63, 3.8) is 0 Å². The number of carbonyl (C=O) groups is 1. The predicted octanol–water partition coefficient (Wildman–Crippen LogP) is 2.65. The summed E-state index contributed by atoms with van der Waals surface area (Å²) in [5, 5.41) is 5.66. The van der Waals surface area contributed by atoms with Crippen LogP contribution in [0, 0.1) is 12.3 Å². The molecule has 88 valence electrons. The number of aromatic nitrogens is 1. The van der Waals surface area contributed by atoms with Crippen LogP contribution in [0.4, 0.5) is 0 Å². The molecule has 2 rings (SSSR count). The summed E-state index contributed by atoms with van der Waals surface area (Å²) in [7, 11) is 0. The molecule has 1 aromatic heterocycles. The number of alkyl halides is 2. The Morgan fingerprint density at radius 2 is 2.31 bits per heavy atom. The molecule has 0 aliphatic heterocycles. The number of nitrogens with one attached hydrogen (secondary N) is 1. The van der Waals surface area contributed by atoms with Crippen LogP contribution >= 0.6 is 34.5 Å². The largest absolute Gasteiger partial charge is 0.349 e. The number of nitrogens with zero attached hydrogens (tertiary/aromatic N) is 1. The van der Waals surface area contributed by atoms with E-state index in [0.717, 1.165) is 10.7 Å². The van der Waals surface area contributed by atoms with Gasteiger partial charge in [0.25, 0.3) is 0 Å². The van der Waals surface area contributed by atoms with Crippen LogP contribution in [0.25, 0.3) is 0 Å². The van der Waals surface area contributed by atoms with Gasteiger partial charge in [0.15, 0.2) is 0 Å². The highest BCUT2D eigenvalue weighted by Crippen LogP contribution is 2.63. The highest BCUT2D eigenvalue weighted by Gasteiger charge is 2.67. The molecule has 0 aromatic carbocycles. The van der Waals surface area contributed by atoms with Crippen LogP contribution in [0.1, 0.15) is 24.0 Å². The second-order valence-corrected chi connectivity index (χ2v) is 6.71. The number of aryl methyl sites for hydroxylation is 1. The number of rotatable bonds is 3. The molecule has 0 radical (unpaired) electrons. The third-order valence-electron chi connectivity index (χ3n) is 2.83. The summed E-state index contributed by atoms with van der Waals surface area (Å²) in [6.45, 7) is 4.14. The van der Waals surface area contributed by atoms with Gasteiger partial charge in [-0.2, -0.15) is 0 Å². The Hall–Kier alpha value is -0.320. The summed E-state index contributed by atoms with van der Waals surface area (Å²) in [5.41, 5.74) is 0.318. The second-order valence-electron chi connectivity index (χ2n) is 4.28. The van der Waals surface area contributed by atoms with Crippen LogP contribution in [0.15, 0.2) is 5.38 Å². The molecule has 0 saturated heterocycles. The summed E-state index contributed by atoms with van der Waals surface area (Å²) in [6.07, 6.45) is 0.506. The maximum atomic E-state index is 11.8. The van der Waals surface area contributed by atoms with E-state index in [9.17, 15) is 4.79 Å². The highest BCUT2D eigenvalue weighted by atomic mass is 35.5. The van der Waals surface area contributed by atoms with E-state index in [1.807, 2.05) is 12.3 Å². The van der Waals surface area contributed by atoms with E-state index in [1.165, 1.54) is 11.3 Å². The van der Waals surface area contributed by atoms with E-state index in [0.29, 0.717) is 13.0 Å². The monoisotopic (exact) mass is 278 g/mol. The van der Waals surface area contributed by atoms with Gasteiger partial charge in [0.05, 0.1) is 12.0 Å². The molecule has 1 amide bonds. The zero-order valence-electron chi connectivity index (χ0n) is 9.01. The van der Waals surface area contributed by atoms with Crippen molar-refractivity contribution in [2.24, 2.45) is 5.41 Å². The van der Waals surface area contributed by atoms with Crippen LogP contribution in [0.2, 0.25) is 0 Å². The van der Waals surface area contributed by atoms with Crippen molar-refractivity contribution in [1.82, 2.24) is 10.3 Å². The first-order chi connectivity index (χ1) is 7.35. The Morgan fingerprint density at radius 1 is 1.69 bits per heavy atom. The van der Waals surface area contributed by atoms with Crippen LogP contribution in [-0.4, -0.2) is 15.2 Å². The summed E-state index contributed by atoms with van der Waals surface area (Å²) in [4.78, 5) is 16.1. The fourth-order valence-electron chi connectivity index (χ4n) is 1.48. The van der Waals surface area contributed by atoms with Gasteiger partial charge in [-0.3, -0.25) is 4.79 Å². The van der Waals surface area contributed by atoms with E-state index < -0.39 is 9.75 Å². The summed E-state index contributed by atoms with van der Waals surface area (Å²) in [6, 6.07) is 0. The number of carbonyl (C=O) groups excluding carboxylic acids is 1. The number of halogens is 2. The summed E-state index contributed by atoms with van der Waals surface area (Å²) >= 11 is 13.4. The minimum absolute atomic E-state index is 0.106. The number of hydrogen-bond acceptors (Lipinski definition) is 3. The second kappa shape index (κ2) is 3.86. The van der Waals surface area contributed by atoms with E-state index in [2.05, 4.69) is 10.3 Å². The lowest BCUT2D eigenvalue weighted by Crippen LogP contribution is -2.32. The molecule has 1 aliphatic carbocycles. The molecule has 0 unspecified atom stereocenters. The maximum Gasteiger partial charge on any atom is 0.229 e. The average molecular weight is 279 g/mol. The summed E-state index contributed by atoms with van der Waals surface area (Å²) < 4.78 is -0.907. The average Bonchev–Trinajstić information content (AvgIpc) is 2.57. The van der Waals surface area contributed by atoms with Crippen molar-refractivity contribution in [1.29, 1.82) is 0 Å². The molecule has 1 aromatic rings. The minimum Gasteiger partial charge on any atom is -0.349 e. The van der Waals surface area contributed by atoms with Crippen molar-refractivity contribution in [3.8, 4) is 0 Å². The number of thiazole rings is 1. The van der Waals surface area contributed by atoms with Crippen molar-refractivity contribution in [3.05, 3.63) is 16.1 Å². The first kappa shape index (κ1) is 12.1. The van der Waals surface area contributed by atoms with Gasteiger partial charge < -0.3 is 5.32 Å². The van der Waals surface area contributed by atoms with Crippen LogP contribution in [-0.2, 0) is 11.3 Å². The lowest BCUT2D eigenvalue weighted by atomic mass is 10.1. The molecular weight excluding hydrogens is 267 g/mol. The molecular formula is C10H12Cl2N2OS. The molecule has 1 fully saturated rings. The Kier molecular flexibility index (Phi) is 2.93. The lowest BCUT2D eigenvalue weighted by Gasteiger charge is -2.11. The van der Waals surface area contributed by atoms with Gasteiger partial charge >= 0.3 is 0 Å². The third-order valence-corrected chi connectivity index (χ3v) is 4.89. The van der Waals surface area contributed by atoms with Crippen LogP contribution < -0.4 is 5.32 Å². The van der Waals surface area contributed by atoms with Gasteiger partial charge in [0.2, 0.25) is 5.91 Å². The minimum atomic E-state index is -0.907. The van der Waals surface area contributed by atoms with Gasteiger partial charge in [-0.1, -0.05) is 0 Å². The predicted molar refractivity (Wildman–Crippen MR) is 65.9 cm³/mol. The maximum absolute atomic E-state index is 11.8. The van der Waals surface area contributed by atoms with Crippen LogP contribution in [0.5, 0.6) is 0 Å².